The van der Waals surface area contributed by atoms with Crippen molar-refractivity contribution in [3.8, 4) is 0 Å². The Morgan fingerprint density at radius 2 is 1.82 bits per heavy atom. The third kappa shape index (κ3) is 8.26. The highest BCUT2D eigenvalue weighted by atomic mass is 35.5. The van der Waals surface area contributed by atoms with E-state index in [4.69, 9.17) is 11.6 Å². The zero-order valence-corrected chi connectivity index (χ0v) is 25.1. The lowest BCUT2D eigenvalue weighted by molar-refractivity contribution is -0.117. The molecule has 0 radical (unpaired) electrons. The number of carbonyl (C=O) groups excluding carboxylic acids is 1. The molecule has 3 N–H and O–H groups in total. The molecule has 0 saturated carbocycles. The summed E-state index contributed by atoms with van der Waals surface area (Å²) < 4.78 is 40.6. The van der Waals surface area contributed by atoms with E-state index >= 15 is 4.39 Å². The highest BCUT2D eigenvalue weighted by molar-refractivity contribution is 7.91. The van der Waals surface area contributed by atoms with Gasteiger partial charge in [0.15, 0.2) is 9.84 Å². The van der Waals surface area contributed by atoms with E-state index < -0.39 is 33.7 Å². The number of benzene rings is 2. The first-order valence-corrected chi connectivity index (χ1v) is 16.2. The second kappa shape index (κ2) is 12.9. The number of amides is 1. The maximum atomic E-state index is 15.0. The van der Waals surface area contributed by atoms with Gasteiger partial charge in [0.05, 0.1) is 34.9 Å². The predicted molar refractivity (Wildman–Crippen MR) is 158 cm³/mol. The fourth-order valence-electron chi connectivity index (χ4n) is 5.61. The largest absolute Gasteiger partial charge is 0.391 e. The van der Waals surface area contributed by atoms with Crippen molar-refractivity contribution in [2.75, 3.05) is 36.5 Å². The highest BCUT2D eigenvalue weighted by Crippen LogP contribution is 2.31. The molecule has 2 aromatic carbocycles. The molecular weight excluding hydrogens is 553 g/mol. The van der Waals surface area contributed by atoms with Crippen LogP contribution < -0.4 is 10.6 Å². The monoisotopic (exact) mass is 593 g/mol. The molecular formula is C30H41ClFN3O4S. The molecule has 1 amide bonds. The van der Waals surface area contributed by atoms with Crippen molar-refractivity contribution in [2.45, 2.75) is 70.6 Å². The first-order valence-electron chi connectivity index (χ1n) is 14.0. The van der Waals surface area contributed by atoms with Crippen molar-refractivity contribution >= 4 is 33.0 Å². The Kier molecular flexibility index (Phi) is 9.94. The summed E-state index contributed by atoms with van der Waals surface area (Å²) in [5, 5.41) is 17.0. The van der Waals surface area contributed by atoms with Gasteiger partial charge in [0.25, 0.3) is 0 Å². The number of aliphatic hydroxyl groups is 1. The molecule has 2 heterocycles. The molecule has 7 nitrogen and oxygen atoms in total. The van der Waals surface area contributed by atoms with Gasteiger partial charge < -0.3 is 15.7 Å². The zero-order chi connectivity index (χ0) is 29.1. The minimum absolute atomic E-state index is 0.0169. The van der Waals surface area contributed by atoms with Gasteiger partial charge >= 0.3 is 0 Å². The smallest absolute Gasteiger partial charge is 0.238 e. The molecule has 3 atom stereocenters. The van der Waals surface area contributed by atoms with E-state index in [1.165, 1.54) is 17.7 Å². The number of carbonyl (C=O) groups is 1. The van der Waals surface area contributed by atoms with Gasteiger partial charge in [-0.25, -0.2) is 12.8 Å². The van der Waals surface area contributed by atoms with Crippen molar-refractivity contribution in [3.05, 3.63) is 63.9 Å². The number of likely N-dealkylation sites (tertiary alicyclic amines) is 1. The van der Waals surface area contributed by atoms with Crippen LogP contribution >= 0.6 is 11.6 Å². The molecule has 0 bridgehead atoms. The zero-order valence-electron chi connectivity index (χ0n) is 23.6. The summed E-state index contributed by atoms with van der Waals surface area (Å²) >= 11 is 6.36. The Hall–Kier alpha value is -2.04. The summed E-state index contributed by atoms with van der Waals surface area (Å²) in [7, 11) is -3.44. The van der Waals surface area contributed by atoms with Crippen molar-refractivity contribution in [2.24, 2.45) is 5.92 Å². The van der Waals surface area contributed by atoms with E-state index in [1.54, 1.807) is 0 Å². The van der Waals surface area contributed by atoms with E-state index in [1.807, 2.05) is 17.0 Å². The van der Waals surface area contributed by atoms with E-state index in [9.17, 15) is 18.3 Å². The van der Waals surface area contributed by atoms with Crippen LogP contribution in [-0.2, 0) is 33.0 Å². The summed E-state index contributed by atoms with van der Waals surface area (Å²) in [6, 6.07) is 10.2. The van der Waals surface area contributed by atoms with Crippen LogP contribution in [0.4, 0.5) is 10.1 Å². The number of anilines is 1. The fraction of sp³-hybridized carbons (Fsp3) is 0.567. The van der Waals surface area contributed by atoms with Gasteiger partial charge in [0.1, 0.15) is 5.82 Å². The van der Waals surface area contributed by atoms with E-state index in [0.29, 0.717) is 12.1 Å². The first kappa shape index (κ1) is 30.9. The summed E-state index contributed by atoms with van der Waals surface area (Å²) in [4.78, 5) is 14.5. The Balaban J connectivity index is 1.41. The number of hydrogen-bond donors (Lipinski definition) is 3. The van der Waals surface area contributed by atoms with Crippen LogP contribution in [0.1, 0.15) is 56.7 Å². The molecule has 2 fully saturated rings. The molecule has 0 aromatic heterocycles. The normalized spacial score (nSPS) is 23.6. The molecule has 0 aliphatic carbocycles. The summed E-state index contributed by atoms with van der Waals surface area (Å²) in [5.74, 6) is -2.01. The Bertz CT molecular complexity index is 1290. The summed E-state index contributed by atoms with van der Waals surface area (Å²) in [6.07, 6.45) is 2.43. The van der Waals surface area contributed by atoms with Crippen LogP contribution in [-0.4, -0.2) is 67.6 Å². The van der Waals surface area contributed by atoms with E-state index in [0.717, 1.165) is 37.9 Å². The van der Waals surface area contributed by atoms with Gasteiger partial charge in [0.2, 0.25) is 5.91 Å². The molecule has 2 saturated heterocycles. The van der Waals surface area contributed by atoms with Gasteiger partial charge in [-0.3, -0.25) is 9.69 Å². The molecule has 10 heteroatoms. The maximum absolute atomic E-state index is 15.0. The lowest BCUT2D eigenvalue weighted by Gasteiger charge is -2.35. The third-order valence-corrected chi connectivity index (χ3v) is 9.94. The number of aliphatic hydroxyl groups excluding tert-OH is 1. The number of nitrogens with one attached hydrogen (secondary N) is 2. The molecule has 0 spiro atoms. The number of sulfone groups is 1. The van der Waals surface area contributed by atoms with Crippen LogP contribution in [0.15, 0.2) is 36.4 Å². The average Bonchev–Trinajstić information content (AvgIpc) is 2.87. The van der Waals surface area contributed by atoms with Gasteiger partial charge in [-0.15, -0.1) is 0 Å². The van der Waals surface area contributed by atoms with Crippen molar-refractivity contribution in [1.29, 1.82) is 0 Å². The fourth-order valence-corrected chi connectivity index (χ4v) is 7.86. The first-order chi connectivity index (χ1) is 18.8. The maximum Gasteiger partial charge on any atom is 0.238 e. The van der Waals surface area contributed by atoms with Crippen LogP contribution in [0.2, 0.25) is 5.02 Å². The van der Waals surface area contributed by atoms with Gasteiger partial charge in [-0.1, -0.05) is 63.1 Å². The Morgan fingerprint density at radius 3 is 2.50 bits per heavy atom. The summed E-state index contributed by atoms with van der Waals surface area (Å²) in [5.41, 5.74) is 2.55. The average molecular weight is 594 g/mol. The Labute approximate surface area is 242 Å². The number of piperidine rings is 1. The lowest BCUT2D eigenvalue weighted by atomic mass is 9.86. The minimum Gasteiger partial charge on any atom is -0.391 e. The standard InChI is InChI=1S/C30H41ClFN3O4S/c1-30(2,3)23-9-7-8-20(13-23)16-33-26-19-40(38,39)18-22(29(26)37)12-21-14-24(31)28(25(32)15-21)34-27(36)17-35-10-5-4-6-11-35/h7-9,13-15,22,26,29,33,37H,4-6,10-12,16-19H2,1-3H3,(H,34,36)/t22-,26+,29+/m1/s1. The molecule has 4 rings (SSSR count). The molecule has 0 unspecified atom stereocenters. The molecule has 2 aromatic rings. The van der Waals surface area contributed by atoms with Crippen LogP contribution in [0, 0.1) is 11.7 Å². The van der Waals surface area contributed by atoms with Gasteiger partial charge in [-0.05, 0) is 66.6 Å². The summed E-state index contributed by atoms with van der Waals surface area (Å²) in [6.45, 7) is 8.67. The lowest BCUT2D eigenvalue weighted by Crippen LogP contribution is -2.54. The number of hydrogen-bond acceptors (Lipinski definition) is 6. The molecule has 2 aliphatic rings. The molecule has 220 valence electrons. The second-order valence-corrected chi connectivity index (χ2v) is 14.8. The van der Waals surface area contributed by atoms with Crippen molar-refractivity contribution < 1.29 is 22.7 Å². The third-order valence-electron chi connectivity index (χ3n) is 7.84. The number of rotatable bonds is 8. The molecule has 40 heavy (non-hydrogen) atoms. The number of nitrogens with zero attached hydrogens (tertiary/aromatic N) is 1. The number of halogens is 2. The van der Waals surface area contributed by atoms with Crippen molar-refractivity contribution in [3.63, 3.8) is 0 Å². The Morgan fingerprint density at radius 1 is 1.10 bits per heavy atom. The SMILES string of the molecule is CC(C)(C)c1cccc(CN[C@H]2CS(=O)(=O)C[C@@H](Cc3cc(F)c(NC(=O)CN4CCCCC4)c(Cl)c3)[C@@H]2O)c1. The van der Waals surface area contributed by atoms with E-state index in [-0.39, 0.29) is 46.5 Å². The van der Waals surface area contributed by atoms with Crippen molar-refractivity contribution in [1.82, 2.24) is 10.2 Å². The highest BCUT2D eigenvalue weighted by Gasteiger charge is 2.39. The quantitative estimate of drug-likeness (QED) is 0.422. The van der Waals surface area contributed by atoms with Crippen LogP contribution in [0.25, 0.3) is 0 Å². The molecule has 2 aliphatic heterocycles. The predicted octanol–water partition coefficient (Wildman–Crippen LogP) is 4.31. The van der Waals surface area contributed by atoms with Gasteiger partial charge in [-0.2, -0.15) is 0 Å². The second-order valence-electron chi connectivity index (χ2n) is 12.3. The van der Waals surface area contributed by atoms with E-state index in [2.05, 4.69) is 43.5 Å². The topological polar surface area (TPSA) is 98.7 Å². The van der Waals surface area contributed by atoms with Crippen LogP contribution in [0.5, 0.6) is 0 Å². The van der Waals surface area contributed by atoms with Crippen LogP contribution in [0.3, 0.4) is 0 Å². The van der Waals surface area contributed by atoms with Gasteiger partial charge in [0, 0.05) is 18.5 Å². The minimum atomic E-state index is -3.44.